The molecule has 2 aromatic rings. The average molecular weight is 337 g/mol. The number of benzene rings is 1. The van der Waals surface area contributed by atoms with E-state index in [-0.39, 0.29) is 12.4 Å². The van der Waals surface area contributed by atoms with Crippen LogP contribution in [0, 0.1) is 6.92 Å². The predicted octanol–water partition coefficient (Wildman–Crippen LogP) is 3.45. The molecule has 0 bridgehead atoms. The summed E-state index contributed by atoms with van der Waals surface area (Å²) in [7, 11) is 1.40. The summed E-state index contributed by atoms with van der Waals surface area (Å²) in [5.74, 6) is -0.261. The highest BCUT2D eigenvalue weighted by Gasteiger charge is 2.15. The number of anilines is 1. The molecule has 1 N–H and O–H groups in total. The molecule has 2 rings (SSSR count). The highest BCUT2D eigenvalue weighted by Crippen LogP contribution is 2.31. The summed E-state index contributed by atoms with van der Waals surface area (Å²) in [6.07, 6.45) is 0.222. The molecule has 0 fully saturated rings. The summed E-state index contributed by atoms with van der Waals surface area (Å²) in [6, 6.07) is 5.94. The number of esters is 1. The summed E-state index contributed by atoms with van der Waals surface area (Å²) in [5.41, 5.74) is 3.61. The number of halogens is 1. The molecule has 0 amide bonds. The Balaban J connectivity index is 2.67. The summed E-state index contributed by atoms with van der Waals surface area (Å²) in [4.78, 5) is 16.2. The van der Waals surface area contributed by atoms with Crippen molar-refractivity contribution >= 4 is 38.5 Å². The van der Waals surface area contributed by atoms with Crippen LogP contribution in [0.5, 0.6) is 0 Å². The Bertz CT molecular complexity index is 656. The van der Waals surface area contributed by atoms with Gasteiger partial charge in [-0.1, -0.05) is 15.9 Å². The van der Waals surface area contributed by atoms with Crippen LogP contribution in [-0.4, -0.2) is 24.6 Å². The van der Waals surface area contributed by atoms with Crippen LogP contribution < -0.4 is 5.32 Å². The van der Waals surface area contributed by atoms with Crippen LogP contribution in [0.15, 0.2) is 22.7 Å². The van der Waals surface area contributed by atoms with E-state index in [1.807, 2.05) is 32.0 Å². The van der Waals surface area contributed by atoms with E-state index in [1.165, 1.54) is 7.11 Å². The zero-order valence-corrected chi connectivity index (χ0v) is 13.4. The van der Waals surface area contributed by atoms with E-state index in [4.69, 9.17) is 4.74 Å². The second-order valence-corrected chi connectivity index (χ2v) is 5.41. The first kappa shape index (κ1) is 14.8. The molecule has 1 aromatic heterocycles. The van der Waals surface area contributed by atoms with Crippen molar-refractivity contribution in [2.75, 3.05) is 19.0 Å². The largest absolute Gasteiger partial charge is 0.469 e. The molecule has 0 aliphatic heterocycles. The first-order valence-corrected chi connectivity index (χ1v) is 7.25. The number of nitrogens with one attached hydrogen (secondary N) is 1. The third kappa shape index (κ3) is 2.93. The predicted molar refractivity (Wildman–Crippen MR) is 84.1 cm³/mol. The van der Waals surface area contributed by atoms with E-state index >= 15 is 0 Å². The Morgan fingerprint density at radius 1 is 1.45 bits per heavy atom. The first-order chi connectivity index (χ1) is 9.56. The molecular weight excluding hydrogens is 320 g/mol. The van der Waals surface area contributed by atoms with Gasteiger partial charge in [-0.25, -0.2) is 0 Å². The second-order valence-electron chi connectivity index (χ2n) is 4.50. The summed E-state index contributed by atoms with van der Waals surface area (Å²) in [5, 5.41) is 4.35. The normalized spacial score (nSPS) is 10.6. The summed E-state index contributed by atoms with van der Waals surface area (Å²) < 4.78 is 5.76. The van der Waals surface area contributed by atoms with Gasteiger partial charge < -0.3 is 10.1 Å². The molecule has 0 aliphatic rings. The van der Waals surface area contributed by atoms with Gasteiger partial charge in [-0.05, 0) is 32.0 Å². The highest BCUT2D eigenvalue weighted by molar-refractivity contribution is 9.10. The zero-order valence-electron chi connectivity index (χ0n) is 11.8. The number of hydrogen-bond acceptors (Lipinski definition) is 4. The van der Waals surface area contributed by atoms with E-state index in [9.17, 15) is 4.79 Å². The molecule has 1 heterocycles. The number of rotatable bonds is 4. The number of aryl methyl sites for hydroxylation is 1. The zero-order chi connectivity index (χ0) is 14.7. The lowest BCUT2D eigenvalue weighted by molar-refractivity contribution is -0.139. The maximum atomic E-state index is 11.6. The lowest BCUT2D eigenvalue weighted by atomic mass is 10.0. The SMILES string of the molecule is CCNc1c(CC(=O)OC)c(C)nc2ccc(Br)cc12. The smallest absolute Gasteiger partial charge is 0.310 e. The van der Waals surface area contributed by atoms with Crippen LogP contribution in [-0.2, 0) is 16.0 Å². The van der Waals surface area contributed by atoms with Crippen molar-refractivity contribution in [3.05, 3.63) is 33.9 Å². The summed E-state index contributed by atoms with van der Waals surface area (Å²) >= 11 is 3.48. The van der Waals surface area contributed by atoms with Gasteiger partial charge in [0, 0.05) is 33.3 Å². The Labute approximate surface area is 126 Å². The van der Waals surface area contributed by atoms with E-state index in [1.54, 1.807) is 0 Å². The Morgan fingerprint density at radius 3 is 2.85 bits per heavy atom. The van der Waals surface area contributed by atoms with Crippen molar-refractivity contribution in [3.63, 3.8) is 0 Å². The number of fused-ring (bicyclic) bond motifs is 1. The number of methoxy groups -OCH3 is 1. The van der Waals surface area contributed by atoms with Gasteiger partial charge in [-0.2, -0.15) is 0 Å². The Hall–Kier alpha value is -1.62. The fourth-order valence-corrected chi connectivity index (χ4v) is 2.57. The van der Waals surface area contributed by atoms with Gasteiger partial charge in [0.25, 0.3) is 0 Å². The highest BCUT2D eigenvalue weighted by atomic mass is 79.9. The van der Waals surface area contributed by atoms with Crippen LogP contribution in [0.3, 0.4) is 0 Å². The third-order valence-electron chi connectivity index (χ3n) is 3.16. The maximum Gasteiger partial charge on any atom is 0.310 e. The topological polar surface area (TPSA) is 51.2 Å². The van der Waals surface area contributed by atoms with Crippen molar-refractivity contribution < 1.29 is 9.53 Å². The van der Waals surface area contributed by atoms with Crippen LogP contribution >= 0.6 is 15.9 Å². The molecule has 0 unspecified atom stereocenters. The van der Waals surface area contributed by atoms with Crippen molar-refractivity contribution in [2.24, 2.45) is 0 Å². The third-order valence-corrected chi connectivity index (χ3v) is 3.65. The molecular formula is C15H17BrN2O2. The van der Waals surface area contributed by atoms with Gasteiger partial charge in [-0.15, -0.1) is 0 Å². The van der Waals surface area contributed by atoms with Gasteiger partial charge >= 0.3 is 5.97 Å². The molecule has 20 heavy (non-hydrogen) atoms. The minimum Gasteiger partial charge on any atom is -0.469 e. The van der Waals surface area contributed by atoms with Gasteiger partial charge in [0.2, 0.25) is 0 Å². The number of carbonyl (C=O) groups is 1. The van der Waals surface area contributed by atoms with E-state index in [2.05, 4.69) is 26.2 Å². The van der Waals surface area contributed by atoms with Crippen LogP contribution in [0.25, 0.3) is 10.9 Å². The van der Waals surface area contributed by atoms with Crippen molar-refractivity contribution in [1.82, 2.24) is 4.98 Å². The molecule has 4 nitrogen and oxygen atoms in total. The minimum absolute atomic E-state index is 0.222. The molecule has 106 valence electrons. The lowest BCUT2D eigenvalue weighted by Crippen LogP contribution is -2.11. The molecule has 0 saturated heterocycles. The summed E-state index contributed by atoms with van der Waals surface area (Å²) in [6.45, 7) is 4.72. The average Bonchev–Trinajstić information content (AvgIpc) is 2.43. The molecule has 0 saturated carbocycles. The van der Waals surface area contributed by atoms with Crippen molar-refractivity contribution in [2.45, 2.75) is 20.3 Å². The standard InChI is InChI=1S/C15H17BrN2O2/c1-4-17-15-11(8-14(19)20-3)9(2)18-13-6-5-10(16)7-12(13)15/h5-7H,4,8H2,1-3H3,(H,17,18). The van der Waals surface area contributed by atoms with E-state index < -0.39 is 0 Å². The Kier molecular flexibility index (Phi) is 4.60. The number of ether oxygens (including phenoxy) is 1. The van der Waals surface area contributed by atoms with Gasteiger partial charge in [0.1, 0.15) is 0 Å². The fraction of sp³-hybridized carbons (Fsp3) is 0.333. The molecule has 5 heteroatoms. The van der Waals surface area contributed by atoms with Crippen molar-refractivity contribution in [1.29, 1.82) is 0 Å². The molecule has 0 atom stereocenters. The number of hydrogen-bond donors (Lipinski definition) is 1. The lowest BCUT2D eigenvalue weighted by Gasteiger charge is -2.16. The number of aromatic nitrogens is 1. The minimum atomic E-state index is -0.261. The van der Waals surface area contributed by atoms with E-state index in [0.717, 1.165) is 38.9 Å². The maximum absolute atomic E-state index is 11.6. The molecule has 0 spiro atoms. The molecule has 0 radical (unpaired) electrons. The first-order valence-electron chi connectivity index (χ1n) is 6.46. The number of pyridine rings is 1. The Morgan fingerprint density at radius 2 is 2.20 bits per heavy atom. The van der Waals surface area contributed by atoms with Gasteiger partial charge in [-0.3, -0.25) is 9.78 Å². The quantitative estimate of drug-likeness (QED) is 0.868. The van der Waals surface area contributed by atoms with Crippen molar-refractivity contribution in [3.8, 4) is 0 Å². The van der Waals surface area contributed by atoms with Crippen LogP contribution in [0.4, 0.5) is 5.69 Å². The molecule has 1 aromatic carbocycles. The molecule has 0 aliphatic carbocycles. The number of nitrogens with zero attached hydrogens (tertiary/aromatic N) is 1. The monoisotopic (exact) mass is 336 g/mol. The second kappa shape index (κ2) is 6.22. The van der Waals surface area contributed by atoms with E-state index in [0.29, 0.717) is 0 Å². The van der Waals surface area contributed by atoms with Crippen LogP contribution in [0.2, 0.25) is 0 Å². The van der Waals surface area contributed by atoms with Gasteiger partial charge in [0.05, 0.1) is 19.0 Å². The number of carbonyl (C=O) groups excluding carboxylic acids is 1. The fourth-order valence-electron chi connectivity index (χ4n) is 2.21. The van der Waals surface area contributed by atoms with Crippen LogP contribution in [0.1, 0.15) is 18.2 Å². The van der Waals surface area contributed by atoms with Gasteiger partial charge in [0.15, 0.2) is 0 Å².